The van der Waals surface area contributed by atoms with Gasteiger partial charge in [0.05, 0.1) is 11.4 Å². The third-order valence-electron chi connectivity index (χ3n) is 5.02. The molecule has 12 heteroatoms. The highest BCUT2D eigenvalue weighted by Crippen LogP contribution is 2.35. The summed E-state index contributed by atoms with van der Waals surface area (Å²) in [6.07, 6.45) is 2.66. The fourth-order valence-electron chi connectivity index (χ4n) is 3.76. The fraction of sp³-hybridized carbons (Fsp3) is 0.450. The summed E-state index contributed by atoms with van der Waals surface area (Å²) < 4.78 is 7.07. The second-order valence-corrected chi connectivity index (χ2v) is 9.51. The molecule has 0 radical (unpaired) electrons. The Bertz CT molecular complexity index is 1170. The summed E-state index contributed by atoms with van der Waals surface area (Å²) in [5.41, 5.74) is 13.7. The van der Waals surface area contributed by atoms with Crippen LogP contribution in [-0.4, -0.2) is 56.3 Å². The summed E-state index contributed by atoms with van der Waals surface area (Å²) in [5, 5.41) is 9.29. The first-order valence-electron chi connectivity index (χ1n) is 10.2. The number of aromatic nitrogens is 4. The second kappa shape index (κ2) is 8.26. The summed E-state index contributed by atoms with van der Waals surface area (Å²) in [4.78, 5) is 34.4. The number of nitrogens with one attached hydrogen (secondary N) is 1. The number of carbonyl (C=O) groups is 2. The van der Waals surface area contributed by atoms with Crippen LogP contribution in [0.4, 0.5) is 16.3 Å². The Morgan fingerprint density at radius 1 is 1.34 bits per heavy atom. The van der Waals surface area contributed by atoms with Crippen molar-refractivity contribution in [2.45, 2.75) is 45.3 Å². The van der Waals surface area contributed by atoms with Gasteiger partial charge < -0.3 is 26.4 Å². The van der Waals surface area contributed by atoms with E-state index in [-0.39, 0.29) is 11.0 Å². The first-order chi connectivity index (χ1) is 15.1. The third-order valence-corrected chi connectivity index (χ3v) is 5.88. The van der Waals surface area contributed by atoms with Crippen molar-refractivity contribution in [2.75, 3.05) is 23.7 Å². The summed E-state index contributed by atoms with van der Waals surface area (Å²) in [6.45, 7) is 6.86. The molecule has 0 unspecified atom stereocenters. The topological polar surface area (TPSA) is 154 Å². The molecule has 0 aliphatic carbocycles. The summed E-state index contributed by atoms with van der Waals surface area (Å²) >= 11 is 1.17. The number of nitrogens with two attached hydrogens (primary N) is 2. The van der Waals surface area contributed by atoms with E-state index in [0.29, 0.717) is 29.3 Å². The highest BCUT2D eigenvalue weighted by Gasteiger charge is 2.28. The molecular formula is C20H26N8O3S. The molecule has 0 saturated carbocycles. The van der Waals surface area contributed by atoms with E-state index in [0.717, 1.165) is 25.1 Å². The van der Waals surface area contributed by atoms with Crippen LogP contribution in [0.2, 0.25) is 0 Å². The molecule has 32 heavy (non-hydrogen) atoms. The quantitative estimate of drug-likeness (QED) is 0.536. The van der Waals surface area contributed by atoms with E-state index >= 15 is 0 Å². The molecule has 1 aliphatic heterocycles. The molecule has 4 heterocycles. The van der Waals surface area contributed by atoms with Crippen LogP contribution < -0.4 is 21.7 Å². The number of thiazole rings is 1. The van der Waals surface area contributed by atoms with Gasteiger partial charge in [-0.25, -0.2) is 19.3 Å². The monoisotopic (exact) mass is 458 g/mol. The van der Waals surface area contributed by atoms with Crippen molar-refractivity contribution >= 4 is 40.4 Å². The maximum absolute atomic E-state index is 12.2. The standard InChI is InChI=1S/C20H26N8O3S/c1-20(2,3)31-19(30)25-11-5-4-6-27(8-11)14-7-13(12-9-32-18(26-12)17(22)29)28-15(14)16(21)23-10-24-28/h7,9-11H,4-6,8H2,1-3H3,(H2,22,29)(H,25,30)(H2,21,23,24)/t11-/m1/s1. The normalized spacial score (nSPS) is 16.8. The molecule has 4 rings (SSSR count). The number of hydrogen-bond acceptors (Lipinski definition) is 9. The van der Waals surface area contributed by atoms with Crippen LogP contribution in [-0.2, 0) is 4.74 Å². The molecule has 5 N–H and O–H groups in total. The van der Waals surface area contributed by atoms with Gasteiger partial charge in [0.15, 0.2) is 10.8 Å². The lowest BCUT2D eigenvalue weighted by Crippen LogP contribution is -2.49. The first-order valence-corrected chi connectivity index (χ1v) is 11.1. The number of nitrogens with zero attached hydrogens (tertiary/aromatic N) is 5. The maximum atomic E-state index is 12.2. The van der Waals surface area contributed by atoms with Crippen LogP contribution in [0.15, 0.2) is 17.8 Å². The van der Waals surface area contributed by atoms with Gasteiger partial charge in [-0.3, -0.25) is 4.79 Å². The Labute approximate surface area is 188 Å². The van der Waals surface area contributed by atoms with Gasteiger partial charge in [-0.15, -0.1) is 11.3 Å². The van der Waals surface area contributed by atoms with Crippen molar-refractivity contribution < 1.29 is 14.3 Å². The van der Waals surface area contributed by atoms with Crippen LogP contribution in [0.1, 0.15) is 43.4 Å². The number of alkyl carbamates (subject to hydrolysis) is 1. The van der Waals surface area contributed by atoms with Gasteiger partial charge in [0.1, 0.15) is 23.1 Å². The SMILES string of the molecule is CC(C)(C)OC(=O)N[C@@H]1CCCN(c2cc(-c3csc(C(N)=O)n3)n3ncnc(N)c23)C1. The molecule has 1 aliphatic rings. The molecule has 3 aromatic rings. The average molecular weight is 459 g/mol. The number of nitrogen functional groups attached to an aromatic ring is 1. The van der Waals surface area contributed by atoms with Crippen molar-refractivity contribution in [3.05, 3.63) is 22.8 Å². The lowest BCUT2D eigenvalue weighted by Gasteiger charge is -2.34. The summed E-state index contributed by atoms with van der Waals surface area (Å²) in [5.74, 6) is -0.252. The van der Waals surface area contributed by atoms with Crippen molar-refractivity contribution in [1.29, 1.82) is 0 Å². The van der Waals surface area contributed by atoms with Gasteiger partial charge in [-0.2, -0.15) is 5.10 Å². The zero-order valence-electron chi connectivity index (χ0n) is 18.2. The zero-order valence-corrected chi connectivity index (χ0v) is 19.0. The molecule has 0 bridgehead atoms. The first kappa shape index (κ1) is 21.8. The zero-order chi connectivity index (χ0) is 23.0. The molecular weight excluding hydrogens is 432 g/mol. The van der Waals surface area contributed by atoms with E-state index in [1.54, 1.807) is 9.90 Å². The second-order valence-electron chi connectivity index (χ2n) is 8.65. The van der Waals surface area contributed by atoms with Crippen LogP contribution in [0, 0.1) is 0 Å². The average Bonchev–Trinajstić information content (AvgIpc) is 3.32. The minimum atomic E-state index is -0.580. The molecule has 1 fully saturated rings. The Hall–Kier alpha value is -3.41. The van der Waals surface area contributed by atoms with Crippen LogP contribution >= 0.6 is 11.3 Å². The Balaban J connectivity index is 1.65. The lowest BCUT2D eigenvalue weighted by molar-refractivity contribution is 0.0500. The predicted molar refractivity (Wildman–Crippen MR) is 122 cm³/mol. The van der Waals surface area contributed by atoms with Gasteiger partial charge in [-0.05, 0) is 39.7 Å². The van der Waals surface area contributed by atoms with E-state index in [2.05, 4.69) is 25.3 Å². The number of rotatable bonds is 4. The molecule has 2 amide bonds. The number of fused-ring (bicyclic) bond motifs is 1. The van der Waals surface area contributed by atoms with E-state index in [4.69, 9.17) is 16.2 Å². The predicted octanol–water partition coefficient (Wildman–Crippen LogP) is 2.03. The van der Waals surface area contributed by atoms with Gasteiger partial charge >= 0.3 is 6.09 Å². The molecule has 170 valence electrons. The van der Waals surface area contributed by atoms with Crippen molar-refractivity contribution in [3.8, 4) is 11.4 Å². The van der Waals surface area contributed by atoms with Crippen LogP contribution in [0.3, 0.4) is 0 Å². The summed E-state index contributed by atoms with van der Waals surface area (Å²) in [7, 11) is 0. The Kier molecular flexibility index (Phi) is 5.63. The Morgan fingerprint density at radius 3 is 2.81 bits per heavy atom. The number of ether oxygens (including phenoxy) is 1. The number of hydrogen-bond donors (Lipinski definition) is 3. The maximum Gasteiger partial charge on any atom is 0.407 e. The molecule has 1 saturated heterocycles. The van der Waals surface area contributed by atoms with Gasteiger partial charge in [0.25, 0.3) is 5.91 Å². The number of piperidine rings is 1. The number of amides is 2. The van der Waals surface area contributed by atoms with Gasteiger partial charge in [-0.1, -0.05) is 0 Å². The smallest absolute Gasteiger partial charge is 0.407 e. The third kappa shape index (κ3) is 4.44. The lowest BCUT2D eigenvalue weighted by atomic mass is 10.1. The Morgan fingerprint density at radius 2 is 2.12 bits per heavy atom. The summed E-state index contributed by atoms with van der Waals surface area (Å²) in [6, 6.07) is 1.85. The molecule has 1 atom stereocenters. The molecule has 11 nitrogen and oxygen atoms in total. The highest BCUT2D eigenvalue weighted by molar-refractivity contribution is 7.12. The minimum absolute atomic E-state index is 0.0800. The van der Waals surface area contributed by atoms with E-state index in [1.165, 1.54) is 17.7 Å². The van der Waals surface area contributed by atoms with E-state index in [9.17, 15) is 9.59 Å². The highest BCUT2D eigenvalue weighted by atomic mass is 32.1. The van der Waals surface area contributed by atoms with Crippen LogP contribution in [0.25, 0.3) is 16.9 Å². The number of carbonyl (C=O) groups excluding carboxylic acids is 2. The minimum Gasteiger partial charge on any atom is -0.444 e. The number of primary amides is 1. The molecule has 0 aromatic carbocycles. The fourth-order valence-corrected chi connectivity index (χ4v) is 4.43. The van der Waals surface area contributed by atoms with Gasteiger partial charge in [0, 0.05) is 24.5 Å². The largest absolute Gasteiger partial charge is 0.444 e. The van der Waals surface area contributed by atoms with E-state index < -0.39 is 17.6 Å². The number of anilines is 2. The van der Waals surface area contributed by atoms with Crippen molar-refractivity contribution in [3.63, 3.8) is 0 Å². The van der Waals surface area contributed by atoms with Gasteiger partial charge in [0.2, 0.25) is 0 Å². The van der Waals surface area contributed by atoms with Crippen molar-refractivity contribution in [1.82, 2.24) is 24.9 Å². The molecule has 3 aromatic heterocycles. The molecule has 0 spiro atoms. The van der Waals surface area contributed by atoms with E-state index in [1.807, 2.05) is 26.8 Å². The van der Waals surface area contributed by atoms with Crippen molar-refractivity contribution in [2.24, 2.45) is 5.73 Å². The van der Waals surface area contributed by atoms with Crippen LogP contribution in [0.5, 0.6) is 0 Å².